The number of hydrogen-bond donors (Lipinski definition) is 1. The molecular formula is C9H15NO3. The zero-order chi connectivity index (χ0) is 10.1. The normalized spacial score (nSPS) is 11.8. The van der Waals surface area contributed by atoms with Gasteiger partial charge in [-0.25, -0.2) is 0 Å². The molecule has 0 aliphatic rings. The third-order valence-electron chi connectivity index (χ3n) is 1.57. The fourth-order valence-corrected chi connectivity index (χ4v) is 0.873. The number of rotatable bonds is 7. The quantitative estimate of drug-likeness (QED) is 0.462. The summed E-state index contributed by atoms with van der Waals surface area (Å²) in [5.74, 6) is -0.134. The van der Waals surface area contributed by atoms with Crippen LogP contribution in [0.5, 0.6) is 0 Å². The van der Waals surface area contributed by atoms with Gasteiger partial charge in [-0.3, -0.25) is 4.79 Å². The molecule has 0 unspecified atom stereocenters. The van der Waals surface area contributed by atoms with Crippen LogP contribution < -0.4 is 5.32 Å². The molecule has 1 amide bonds. The van der Waals surface area contributed by atoms with Crippen molar-refractivity contribution in [1.82, 2.24) is 5.32 Å². The fraction of sp³-hybridized carbons (Fsp3) is 0.667. The van der Waals surface area contributed by atoms with E-state index >= 15 is 0 Å². The van der Waals surface area contributed by atoms with Gasteiger partial charge in [0.15, 0.2) is 0 Å². The predicted octanol–water partition coefficient (Wildman–Crippen LogP) is 0.449. The van der Waals surface area contributed by atoms with Gasteiger partial charge in [-0.2, -0.15) is 0 Å². The molecule has 0 saturated heterocycles. The van der Waals surface area contributed by atoms with Crippen LogP contribution in [-0.2, 0) is 14.4 Å². The maximum Gasteiger partial charge on any atom is 0.220 e. The molecule has 1 N–H and O–H groups in total. The van der Waals surface area contributed by atoms with E-state index in [9.17, 15) is 14.4 Å². The highest BCUT2D eigenvalue weighted by atomic mass is 16.2. The smallest absolute Gasteiger partial charge is 0.220 e. The lowest BCUT2D eigenvalue weighted by Crippen LogP contribution is -2.33. The molecule has 4 nitrogen and oxygen atoms in total. The zero-order valence-corrected chi connectivity index (χ0v) is 7.79. The van der Waals surface area contributed by atoms with Gasteiger partial charge >= 0.3 is 0 Å². The summed E-state index contributed by atoms with van der Waals surface area (Å²) in [6.45, 7) is 1.62. The van der Waals surface area contributed by atoms with Crippen molar-refractivity contribution in [1.29, 1.82) is 0 Å². The minimum Gasteiger partial charge on any atom is -0.347 e. The number of hydrogen-bond acceptors (Lipinski definition) is 3. The summed E-state index contributed by atoms with van der Waals surface area (Å²) in [5, 5.41) is 2.51. The molecule has 4 heteroatoms. The molecule has 0 saturated carbocycles. The predicted molar refractivity (Wildman–Crippen MR) is 48.2 cm³/mol. The molecular weight excluding hydrogens is 170 g/mol. The van der Waals surface area contributed by atoms with E-state index in [0.717, 1.165) is 12.7 Å². The average molecular weight is 185 g/mol. The van der Waals surface area contributed by atoms with Crippen molar-refractivity contribution in [3.05, 3.63) is 0 Å². The summed E-state index contributed by atoms with van der Waals surface area (Å²) in [7, 11) is 0. The van der Waals surface area contributed by atoms with Crippen LogP contribution in [0, 0.1) is 0 Å². The second-order valence-corrected chi connectivity index (χ2v) is 2.90. The third kappa shape index (κ3) is 7.18. The number of carbonyl (C=O) groups is 3. The van der Waals surface area contributed by atoms with Crippen molar-refractivity contribution in [2.45, 2.75) is 38.6 Å². The first kappa shape index (κ1) is 11.8. The Morgan fingerprint density at radius 3 is 2.62 bits per heavy atom. The Bertz CT molecular complexity index is 180. The standard InChI is InChI=1S/C9H15NO3/c1-8(7-12)10-9(13)5-3-2-4-6-11/h6-8H,2-5H2,1H3,(H,10,13)/t8-/m0/s1. The van der Waals surface area contributed by atoms with Crippen molar-refractivity contribution in [2.75, 3.05) is 0 Å². The van der Waals surface area contributed by atoms with Gasteiger partial charge in [0.25, 0.3) is 0 Å². The Morgan fingerprint density at radius 2 is 2.08 bits per heavy atom. The lowest BCUT2D eigenvalue weighted by Gasteiger charge is -2.06. The van der Waals surface area contributed by atoms with Crippen LogP contribution in [-0.4, -0.2) is 24.5 Å². The second-order valence-electron chi connectivity index (χ2n) is 2.90. The molecule has 0 aliphatic carbocycles. The molecule has 0 rings (SSSR count). The molecule has 13 heavy (non-hydrogen) atoms. The number of amides is 1. The maximum atomic E-state index is 11.0. The van der Waals surface area contributed by atoms with Crippen LogP contribution in [0.4, 0.5) is 0 Å². The first-order chi connectivity index (χ1) is 6.20. The van der Waals surface area contributed by atoms with Crippen molar-refractivity contribution in [3.8, 4) is 0 Å². The molecule has 0 aromatic rings. The van der Waals surface area contributed by atoms with Gasteiger partial charge in [-0.05, 0) is 19.8 Å². The van der Waals surface area contributed by atoms with Gasteiger partial charge in [-0.1, -0.05) is 0 Å². The summed E-state index contributed by atoms with van der Waals surface area (Å²) in [6.07, 6.45) is 3.82. The second kappa shape index (κ2) is 7.46. The van der Waals surface area contributed by atoms with Crippen molar-refractivity contribution in [2.24, 2.45) is 0 Å². The average Bonchev–Trinajstić information content (AvgIpc) is 2.12. The van der Waals surface area contributed by atoms with E-state index in [1.165, 1.54) is 0 Å². The Hall–Kier alpha value is -1.19. The SMILES string of the molecule is C[C@@H](C=O)NC(=O)CCCCC=O. The lowest BCUT2D eigenvalue weighted by molar-refractivity contribution is -0.124. The Kier molecular flexibility index (Phi) is 6.78. The molecule has 0 bridgehead atoms. The monoisotopic (exact) mass is 185 g/mol. The third-order valence-corrected chi connectivity index (χ3v) is 1.57. The van der Waals surface area contributed by atoms with E-state index in [1.807, 2.05) is 0 Å². The highest BCUT2D eigenvalue weighted by molar-refractivity contribution is 5.79. The molecule has 74 valence electrons. The van der Waals surface area contributed by atoms with Gasteiger partial charge in [0, 0.05) is 12.8 Å². The van der Waals surface area contributed by atoms with Gasteiger partial charge in [0.2, 0.25) is 5.91 Å². The largest absolute Gasteiger partial charge is 0.347 e. The van der Waals surface area contributed by atoms with Gasteiger partial charge < -0.3 is 14.9 Å². The van der Waals surface area contributed by atoms with Crippen molar-refractivity contribution in [3.63, 3.8) is 0 Å². The summed E-state index contributed by atoms with van der Waals surface area (Å²) >= 11 is 0. The molecule has 1 atom stereocenters. The summed E-state index contributed by atoms with van der Waals surface area (Å²) in [4.78, 5) is 31.1. The molecule has 0 radical (unpaired) electrons. The molecule has 0 aromatic carbocycles. The number of nitrogens with one attached hydrogen (secondary N) is 1. The molecule has 0 fully saturated rings. The maximum absolute atomic E-state index is 11.0. The van der Waals surface area contributed by atoms with Crippen LogP contribution in [0.15, 0.2) is 0 Å². The van der Waals surface area contributed by atoms with Crippen LogP contribution >= 0.6 is 0 Å². The topological polar surface area (TPSA) is 63.2 Å². The summed E-state index contributed by atoms with van der Waals surface area (Å²) in [6, 6.07) is -0.418. The van der Waals surface area contributed by atoms with Crippen LogP contribution in [0.25, 0.3) is 0 Å². The zero-order valence-electron chi connectivity index (χ0n) is 7.79. The minimum absolute atomic E-state index is 0.134. The van der Waals surface area contributed by atoms with E-state index in [2.05, 4.69) is 5.32 Å². The Labute approximate surface area is 77.7 Å². The Balaban J connectivity index is 3.40. The van der Waals surface area contributed by atoms with Crippen molar-refractivity contribution >= 4 is 18.5 Å². The Morgan fingerprint density at radius 1 is 1.38 bits per heavy atom. The van der Waals surface area contributed by atoms with Crippen molar-refractivity contribution < 1.29 is 14.4 Å². The summed E-state index contributed by atoms with van der Waals surface area (Å²) in [5.41, 5.74) is 0. The highest BCUT2D eigenvalue weighted by Gasteiger charge is 2.04. The first-order valence-corrected chi connectivity index (χ1v) is 4.39. The minimum atomic E-state index is -0.418. The van der Waals surface area contributed by atoms with Crippen LogP contribution in [0.1, 0.15) is 32.6 Å². The highest BCUT2D eigenvalue weighted by Crippen LogP contribution is 1.97. The molecule has 0 aromatic heterocycles. The van der Waals surface area contributed by atoms with E-state index in [-0.39, 0.29) is 5.91 Å². The molecule has 0 heterocycles. The van der Waals surface area contributed by atoms with E-state index in [1.54, 1.807) is 6.92 Å². The number of carbonyl (C=O) groups excluding carboxylic acids is 3. The molecule has 0 spiro atoms. The van der Waals surface area contributed by atoms with Crippen LogP contribution in [0.2, 0.25) is 0 Å². The first-order valence-electron chi connectivity index (χ1n) is 4.39. The number of aldehydes is 2. The van der Waals surface area contributed by atoms with Gasteiger partial charge in [-0.15, -0.1) is 0 Å². The summed E-state index contributed by atoms with van der Waals surface area (Å²) < 4.78 is 0. The van der Waals surface area contributed by atoms with Gasteiger partial charge in [0.05, 0.1) is 6.04 Å². The van der Waals surface area contributed by atoms with E-state index in [4.69, 9.17) is 0 Å². The lowest BCUT2D eigenvalue weighted by atomic mass is 10.2. The van der Waals surface area contributed by atoms with E-state index in [0.29, 0.717) is 25.5 Å². The van der Waals surface area contributed by atoms with Crippen LogP contribution in [0.3, 0.4) is 0 Å². The van der Waals surface area contributed by atoms with E-state index < -0.39 is 6.04 Å². The molecule has 0 aliphatic heterocycles. The number of unbranched alkanes of at least 4 members (excludes halogenated alkanes) is 2. The fourth-order valence-electron chi connectivity index (χ4n) is 0.873. The van der Waals surface area contributed by atoms with Gasteiger partial charge in [0.1, 0.15) is 12.6 Å².